The molecular formula is C30H33FO11S. The number of aliphatic hydroxyl groups excluding tert-OH is 6. The average Bonchev–Trinajstić information content (AvgIpc) is 3.45. The molecule has 0 aliphatic carbocycles. The van der Waals surface area contributed by atoms with Crippen LogP contribution in [0, 0.1) is 12.7 Å². The average molecular weight is 621 g/mol. The van der Waals surface area contributed by atoms with Crippen LogP contribution in [0.5, 0.6) is 0 Å². The third kappa shape index (κ3) is 6.51. The molecule has 0 unspecified atom stereocenters. The van der Waals surface area contributed by atoms with E-state index in [2.05, 4.69) is 0 Å². The standard InChI is InChI=1S/C30H33FO11S/c1-13-2-3-15(10-16(13)11-18-8-9-20(43-18)14-4-6-17(31)7-5-14)26-27(23(35)21(33)19(12-32)40-26)41-30-25(37)22(34)24(36)28(42-30)29(38)39/h2-10,19,21-28,30,32-37H,11-12H2,1H3,(H,38,39)/t19-,21-,22+,23+,24+,25-,26+,27-,28+,30-/m1/s1. The first-order chi connectivity index (χ1) is 20.5. The summed E-state index contributed by atoms with van der Waals surface area (Å²) in [6, 6.07) is 15.5. The molecule has 0 amide bonds. The molecule has 2 aliphatic heterocycles. The van der Waals surface area contributed by atoms with Gasteiger partial charge < -0.3 is 50.0 Å². The van der Waals surface area contributed by atoms with E-state index in [1.54, 1.807) is 29.5 Å². The van der Waals surface area contributed by atoms with Gasteiger partial charge >= 0.3 is 5.97 Å². The van der Waals surface area contributed by atoms with Crippen molar-refractivity contribution in [2.75, 3.05) is 6.61 Å². The Bertz CT molecular complexity index is 1420. The van der Waals surface area contributed by atoms with Crippen LogP contribution in [0.3, 0.4) is 0 Å². The first kappa shape index (κ1) is 31.6. The molecule has 11 nitrogen and oxygen atoms in total. The fraction of sp³-hybridized carbons (Fsp3) is 0.433. The highest BCUT2D eigenvalue weighted by Gasteiger charge is 2.52. The Hall–Kier alpha value is -2.82. The molecule has 2 aliphatic rings. The van der Waals surface area contributed by atoms with Crippen LogP contribution in [-0.4, -0.2) is 103 Å². The predicted octanol–water partition coefficient (Wildman–Crippen LogP) is 0.885. The van der Waals surface area contributed by atoms with Gasteiger partial charge in [0.1, 0.15) is 54.6 Å². The monoisotopic (exact) mass is 620 g/mol. The molecule has 2 aromatic carbocycles. The molecule has 10 atom stereocenters. The molecule has 232 valence electrons. The minimum absolute atomic E-state index is 0.318. The first-order valence-electron chi connectivity index (χ1n) is 13.6. The van der Waals surface area contributed by atoms with Crippen LogP contribution in [0.15, 0.2) is 54.6 Å². The third-order valence-electron chi connectivity index (χ3n) is 7.83. The number of ether oxygens (including phenoxy) is 3. The highest BCUT2D eigenvalue weighted by Crippen LogP contribution is 2.38. The molecule has 0 spiro atoms. The van der Waals surface area contributed by atoms with Crippen molar-refractivity contribution in [1.82, 2.24) is 0 Å². The summed E-state index contributed by atoms with van der Waals surface area (Å²) in [4.78, 5) is 13.6. The molecular weight excluding hydrogens is 587 g/mol. The van der Waals surface area contributed by atoms with Gasteiger partial charge in [-0.2, -0.15) is 0 Å². The summed E-state index contributed by atoms with van der Waals surface area (Å²) in [5.41, 5.74) is 3.22. The van der Waals surface area contributed by atoms with Gasteiger partial charge in [0, 0.05) is 16.2 Å². The van der Waals surface area contributed by atoms with Crippen LogP contribution in [0.4, 0.5) is 4.39 Å². The first-order valence-corrected chi connectivity index (χ1v) is 14.4. The summed E-state index contributed by atoms with van der Waals surface area (Å²) in [6.07, 6.45) is -16.1. The molecule has 3 aromatic rings. The predicted molar refractivity (Wildman–Crippen MR) is 150 cm³/mol. The number of hydrogen-bond acceptors (Lipinski definition) is 11. The van der Waals surface area contributed by atoms with Crippen molar-refractivity contribution >= 4 is 17.3 Å². The van der Waals surface area contributed by atoms with Crippen molar-refractivity contribution < 1.29 is 59.1 Å². The van der Waals surface area contributed by atoms with Gasteiger partial charge in [0.2, 0.25) is 0 Å². The van der Waals surface area contributed by atoms with E-state index in [1.165, 1.54) is 12.1 Å². The van der Waals surface area contributed by atoms with E-state index in [1.807, 2.05) is 31.2 Å². The van der Waals surface area contributed by atoms with E-state index in [0.717, 1.165) is 26.4 Å². The molecule has 13 heteroatoms. The number of aryl methyl sites for hydroxylation is 1. The van der Waals surface area contributed by atoms with Gasteiger partial charge in [-0.25, -0.2) is 9.18 Å². The van der Waals surface area contributed by atoms with E-state index >= 15 is 0 Å². The van der Waals surface area contributed by atoms with Crippen LogP contribution in [0.25, 0.3) is 10.4 Å². The molecule has 1 aromatic heterocycles. The Labute approximate surface area is 250 Å². The Kier molecular flexibility index (Phi) is 9.58. The van der Waals surface area contributed by atoms with Crippen molar-refractivity contribution in [1.29, 1.82) is 0 Å². The van der Waals surface area contributed by atoms with Gasteiger partial charge in [-0.1, -0.05) is 30.3 Å². The summed E-state index contributed by atoms with van der Waals surface area (Å²) in [5, 5.41) is 71.5. The van der Waals surface area contributed by atoms with E-state index in [4.69, 9.17) is 14.2 Å². The summed E-state index contributed by atoms with van der Waals surface area (Å²) in [6.45, 7) is 1.29. The van der Waals surface area contributed by atoms with Crippen molar-refractivity contribution in [2.24, 2.45) is 0 Å². The lowest BCUT2D eigenvalue weighted by Crippen LogP contribution is -2.63. The fourth-order valence-corrected chi connectivity index (χ4v) is 6.36. The van der Waals surface area contributed by atoms with Gasteiger partial charge in [-0.05, 0) is 53.4 Å². The summed E-state index contributed by atoms with van der Waals surface area (Å²) >= 11 is 1.55. The van der Waals surface area contributed by atoms with Crippen molar-refractivity contribution in [3.8, 4) is 10.4 Å². The van der Waals surface area contributed by atoms with Crippen LogP contribution in [-0.2, 0) is 25.4 Å². The van der Waals surface area contributed by atoms with Gasteiger partial charge in [0.05, 0.1) is 6.61 Å². The quantitative estimate of drug-likeness (QED) is 0.190. The second kappa shape index (κ2) is 13.0. The molecule has 2 saturated heterocycles. The zero-order chi connectivity index (χ0) is 31.0. The second-order valence-corrected chi connectivity index (χ2v) is 11.9. The van der Waals surface area contributed by atoms with Crippen molar-refractivity contribution in [3.63, 3.8) is 0 Å². The number of carboxylic acid groups (broad SMARTS) is 1. The maximum Gasteiger partial charge on any atom is 0.335 e. The third-order valence-corrected chi connectivity index (χ3v) is 8.96. The summed E-state index contributed by atoms with van der Waals surface area (Å²) in [5.74, 6) is -1.93. The number of rotatable bonds is 8. The molecule has 43 heavy (non-hydrogen) atoms. The largest absolute Gasteiger partial charge is 0.479 e. The number of aliphatic carboxylic acids is 1. The minimum atomic E-state index is -1.94. The van der Waals surface area contributed by atoms with E-state index in [-0.39, 0.29) is 5.82 Å². The van der Waals surface area contributed by atoms with Crippen LogP contribution < -0.4 is 0 Å². The Morgan fingerprint density at radius 1 is 0.907 bits per heavy atom. The van der Waals surface area contributed by atoms with Crippen molar-refractivity contribution in [2.45, 2.75) is 74.6 Å². The normalized spacial score (nSPS) is 32.9. The van der Waals surface area contributed by atoms with Gasteiger partial charge in [-0.15, -0.1) is 11.3 Å². The number of carbonyl (C=O) groups is 1. The number of aliphatic hydroxyl groups is 6. The number of halogens is 1. The van der Waals surface area contributed by atoms with Crippen molar-refractivity contribution in [3.05, 3.63) is 82.0 Å². The zero-order valence-electron chi connectivity index (χ0n) is 22.9. The summed E-state index contributed by atoms with van der Waals surface area (Å²) in [7, 11) is 0. The van der Waals surface area contributed by atoms with Gasteiger partial charge in [-0.3, -0.25) is 0 Å². The highest BCUT2D eigenvalue weighted by atomic mass is 32.1. The van der Waals surface area contributed by atoms with Gasteiger partial charge in [0.15, 0.2) is 12.4 Å². The lowest BCUT2D eigenvalue weighted by atomic mass is 9.89. The second-order valence-electron chi connectivity index (χ2n) is 10.7. The Balaban J connectivity index is 1.42. The molecule has 7 N–H and O–H groups in total. The molecule has 0 saturated carbocycles. The summed E-state index contributed by atoms with van der Waals surface area (Å²) < 4.78 is 30.3. The molecule has 3 heterocycles. The van der Waals surface area contributed by atoms with Gasteiger partial charge in [0.25, 0.3) is 0 Å². The number of carboxylic acids is 1. The van der Waals surface area contributed by atoms with E-state index in [0.29, 0.717) is 12.0 Å². The maximum atomic E-state index is 13.4. The maximum absolute atomic E-state index is 13.4. The van der Waals surface area contributed by atoms with Crippen LogP contribution in [0.1, 0.15) is 27.7 Å². The topological polar surface area (TPSA) is 186 Å². The molecule has 0 bridgehead atoms. The number of hydrogen-bond donors (Lipinski definition) is 7. The van der Waals surface area contributed by atoms with E-state index < -0.39 is 73.8 Å². The van der Waals surface area contributed by atoms with Crippen LogP contribution in [0.2, 0.25) is 0 Å². The minimum Gasteiger partial charge on any atom is -0.479 e. The lowest BCUT2D eigenvalue weighted by Gasteiger charge is -2.46. The Morgan fingerprint density at radius 2 is 1.63 bits per heavy atom. The molecule has 5 rings (SSSR count). The Morgan fingerprint density at radius 3 is 2.30 bits per heavy atom. The zero-order valence-corrected chi connectivity index (χ0v) is 23.8. The fourth-order valence-electron chi connectivity index (χ4n) is 5.32. The smallest absolute Gasteiger partial charge is 0.335 e. The van der Waals surface area contributed by atoms with E-state index in [9.17, 15) is 44.9 Å². The van der Waals surface area contributed by atoms with Crippen LogP contribution >= 0.6 is 11.3 Å². The molecule has 0 radical (unpaired) electrons. The molecule has 2 fully saturated rings. The SMILES string of the molecule is Cc1ccc([C@@H]2O[C@H](CO)[C@@H](O)[C@H](O)[C@H]2O[C@@H]2O[C@H](C(=O)O)[C@@H](O)[C@H](O)[C@H]2O)cc1Cc1ccc(-c2ccc(F)cc2)s1. The number of thiophene rings is 1. The number of benzene rings is 2. The lowest BCUT2D eigenvalue weighted by molar-refractivity contribution is -0.337. The highest BCUT2D eigenvalue weighted by molar-refractivity contribution is 7.15.